The van der Waals surface area contributed by atoms with E-state index in [9.17, 15) is 9.59 Å². The molecule has 3 heterocycles. The SMILES string of the molecule is CN1C[C@@H]2CN(C(=O)CN3CCOCC3=O)C[C@@H]2C1. The molecule has 3 aliphatic heterocycles. The van der Waals surface area contributed by atoms with Gasteiger partial charge in [-0.05, 0) is 18.9 Å². The fraction of sp³-hybridized carbons (Fsp3) is 0.846. The van der Waals surface area contributed by atoms with Gasteiger partial charge in [0.25, 0.3) is 0 Å². The van der Waals surface area contributed by atoms with Crippen LogP contribution in [0, 0.1) is 11.8 Å². The Morgan fingerprint density at radius 2 is 1.95 bits per heavy atom. The van der Waals surface area contributed by atoms with Crippen LogP contribution in [0.25, 0.3) is 0 Å². The number of rotatable bonds is 2. The molecule has 6 heteroatoms. The van der Waals surface area contributed by atoms with Gasteiger partial charge in [-0.15, -0.1) is 0 Å². The number of fused-ring (bicyclic) bond motifs is 1. The molecule has 2 amide bonds. The largest absolute Gasteiger partial charge is 0.370 e. The van der Waals surface area contributed by atoms with E-state index in [-0.39, 0.29) is 25.0 Å². The second-order valence-electron chi connectivity index (χ2n) is 5.91. The molecule has 3 saturated heterocycles. The van der Waals surface area contributed by atoms with Crippen molar-refractivity contribution in [1.82, 2.24) is 14.7 Å². The normalized spacial score (nSPS) is 31.9. The van der Waals surface area contributed by atoms with Gasteiger partial charge in [-0.1, -0.05) is 0 Å². The van der Waals surface area contributed by atoms with E-state index in [1.807, 2.05) is 4.90 Å². The molecular formula is C13H21N3O3. The Morgan fingerprint density at radius 1 is 1.26 bits per heavy atom. The van der Waals surface area contributed by atoms with E-state index in [0.717, 1.165) is 26.2 Å². The summed E-state index contributed by atoms with van der Waals surface area (Å²) >= 11 is 0. The molecule has 3 rings (SSSR count). The van der Waals surface area contributed by atoms with E-state index < -0.39 is 0 Å². The van der Waals surface area contributed by atoms with Crippen LogP contribution in [-0.2, 0) is 14.3 Å². The first-order chi connectivity index (χ1) is 9.13. The van der Waals surface area contributed by atoms with Crippen LogP contribution in [0.1, 0.15) is 0 Å². The van der Waals surface area contributed by atoms with E-state index in [4.69, 9.17) is 4.74 Å². The van der Waals surface area contributed by atoms with Gasteiger partial charge < -0.3 is 19.4 Å². The van der Waals surface area contributed by atoms with Crippen molar-refractivity contribution in [3.8, 4) is 0 Å². The number of nitrogens with zero attached hydrogens (tertiary/aromatic N) is 3. The molecule has 2 atom stereocenters. The molecule has 3 aliphatic rings. The van der Waals surface area contributed by atoms with Crippen molar-refractivity contribution in [2.24, 2.45) is 11.8 Å². The Balaban J connectivity index is 1.53. The number of hydrogen-bond donors (Lipinski definition) is 0. The molecule has 0 unspecified atom stereocenters. The summed E-state index contributed by atoms with van der Waals surface area (Å²) in [5.41, 5.74) is 0. The quantitative estimate of drug-likeness (QED) is 0.635. The van der Waals surface area contributed by atoms with Crippen molar-refractivity contribution in [3.63, 3.8) is 0 Å². The predicted octanol–water partition coefficient (Wildman–Crippen LogP) is -1.13. The first-order valence-electron chi connectivity index (χ1n) is 6.95. The Hall–Kier alpha value is -1.14. The Morgan fingerprint density at radius 3 is 2.58 bits per heavy atom. The molecule has 0 aromatic rings. The maximum atomic E-state index is 12.2. The summed E-state index contributed by atoms with van der Waals surface area (Å²) < 4.78 is 5.07. The summed E-state index contributed by atoms with van der Waals surface area (Å²) in [4.78, 5) is 29.7. The van der Waals surface area contributed by atoms with Crippen molar-refractivity contribution in [3.05, 3.63) is 0 Å². The molecule has 0 spiro atoms. The Bertz CT molecular complexity index is 373. The highest BCUT2D eigenvalue weighted by Crippen LogP contribution is 2.30. The predicted molar refractivity (Wildman–Crippen MR) is 68.5 cm³/mol. The summed E-state index contributed by atoms with van der Waals surface area (Å²) in [6, 6.07) is 0. The summed E-state index contributed by atoms with van der Waals surface area (Å²) in [5, 5.41) is 0. The summed E-state index contributed by atoms with van der Waals surface area (Å²) in [5.74, 6) is 1.26. The lowest BCUT2D eigenvalue weighted by Gasteiger charge is -2.28. The lowest BCUT2D eigenvalue weighted by atomic mass is 10.0. The maximum Gasteiger partial charge on any atom is 0.249 e. The van der Waals surface area contributed by atoms with Crippen LogP contribution in [-0.4, -0.2) is 86.0 Å². The highest BCUT2D eigenvalue weighted by Gasteiger charge is 2.40. The molecule has 106 valence electrons. The first-order valence-corrected chi connectivity index (χ1v) is 6.95. The lowest BCUT2D eigenvalue weighted by Crippen LogP contribution is -2.47. The van der Waals surface area contributed by atoms with Gasteiger partial charge in [-0.3, -0.25) is 9.59 Å². The van der Waals surface area contributed by atoms with Crippen molar-refractivity contribution in [2.45, 2.75) is 0 Å². The topological polar surface area (TPSA) is 53.1 Å². The van der Waals surface area contributed by atoms with Crippen LogP contribution in [0.5, 0.6) is 0 Å². The number of ether oxygens (including phenoxy) is 1. The zero-order valence-electron chi connectivity index (χ0n) is 11.4. The summed E-state index contributed by atoms with van der Waals surface area (Å²) in [6.07, 6.45) is 0. The molecule has 0 aliphatic carbocycles. The summed E-state index contributed by atoms with van der Waals surface area (Å²) in [7, 11) is 2.14. The van der Waals surface area contributed by atoms with E-state index in [2.05, 4.69) is 11.9 Å². The Kier molecular flexibility index (Phi) is 3.45. The number of carbonyl (C=O) groups excluding carboxylic acids is 2. The molecule has 0 aromatic carbocycles. The molecule has 3 fully saturated rings. The smallest absolute Gasteiger partial charge is 0.249 e. The van der Waals surface area contributed by atoms with Crippen LogP contribution in [0.2, 0.25) is 0 Å². The van der Waals surface area contributed by atoms with Gasteiger partial charge in [0.1, 0.15) is 6.61 Å². The van der Waals surface area contributed by atoms with Gasteiger partial charge in [0.2, 0.25) is 11.8 Å². The number of likely N-dealkylation sites (tertiary alicyclic amines) is 2. The number of hydrogen-bond acceptors (Lipinski definition) is 4. The number of morpholine rings is 1. The van der Waals surface area contributed by atoms with Gasteiger partial charge in [0.15, 0.2) is 0 Å². The molecule has 0 aromatic heterocycles. The Labute approximate surface area is 113 Å². The zero-order chi connectivity index (χ0) is 13.4. The lowest BCUT2D eigenvalue weighted by molar-refractivity contribution is -0.148. The second kappa shape index (κ2) is 5.09. The number of amides is 2. The van der Waals surface area contributed by atoms with Crippen molar-refractivity contribution < 1.29 is 14.3 Å². The van der Waals surface area contributed by atoms with Gasteiger partial charge in [0, 0.05) is 32.7 Å². The van der Waals surface area contributed by atoms with E-state index >= 15 is 0 Å². The van der Waals surface area contributed by atoms with Crippen LogP contribution < -0.4 is 0 Å². The second-order valence-corrected chi connectivity index (χ2v) is 5.91. The molecule has 19 heavy (non-hydrogen) atoms. The minimum Gasteiger partial charge on any atom is -0.370 e. The van der Waals surface area contributed by atoms with Gasteiger partial charge in [-0.2, -0.15) is 0 Å². The van der Waals surface area contributed by atoms with E-state index in [1.165, 1.54) is 0 Å². The molecule has 6 nitrogen and oxygen atoms in total. The molecule has 0 saturated carbocycles. The fourth-order valence-corrected chi connectivity index (χ4v) is 3.41. The molecule has 0 N–H and O–H groups in total. The van der Waals surface area contributed by atoms with Gasteiger partial charge in [-0.25, -0.2) is 0 Å². The maximum absolute atomic E-state index is 12.2. The summed E-state index contributed by atoms with van der Waals surface area (Å²) in [6.45, 7) is 5.29. The third kappa shape index (κ3) is 2.60. The monoisotopic (exact) mass is 267 g/mol. The minimum absolute atomic E-state index is 0.0706. The van der Waals surface area contributed by atoms with Crippen molar-refractivity contribution in [2.75, 3.05) is 59.5 Å². The highest BCUT2D eigenvalue weighted by atomic mass is 16.5. The number of carbonyl (C=O) groups is 2. The van der Waals surface area contributed by atoms with Gasteiger partial charge >= 0.3 is 0 Å². The molecule has 0 bridgehead atoms. The standard InChI is InChI=1S/C13H21N3O3/c1-14-4-10-6-16(7-11(10)5-14)12(17)8-15-2-3-19-9-13(15)18/h10-11H,2-9H2,1H3/t10-,11+. The highest BCUT2D eigenvalue weighted by molar-refractivity contribution is 5.85. The van der Waals surface area contributed by atoms with Crippen LogP contribution in [0.3, 0.4) is 0 Å². The third-order valence-corrected chi connectivity index (χ3v) is 4.43. The van der Waals surface area contributed by atoms with E-state index in [1.54, 1.807) is 4.90 Å². The van der Waals surface area contributed by atoms with Crippen molar-refractivity contribution >= 4 is 11.8 Å². The van der Waals surface area contributed by atoms with Crippen molar-refractivity contribution in [1.29, 1.82) is 0 Å². The minimum atomic E-state index is -0.0706. The zero-order valence-corrected chi connectivity index (χ0v) is 11.4. The first kappa shape index (κ1) is 12.9. The average Bonchev–Trinajstić information content (AvgIpc) is 2.89. The van der Waals surface area contributed by atoms with Gasteiger partial charge in [0.05, 0.1) is 13.2 Å². The fourth-order valence-electron chi connectivity index (χ4n) is 3.41. The third-order valence-electron chi connectivity index (χ3n) is 4.43. The molecule has 0 radical (unpaired) electrons. The molecular weight excluding hydrogens is 246 g/mol. The van der Waals surface area contributed by atoms with E-state index in [0.29, 0.717) is 25.0 Å². The van der Waals surface area contributed by atoms with Crippen LogP contribution in [0.15, 0.2) is 0 Å². The average molecular weight is 267 g/mol. The van der Waals surface area contributed by atoms with Crippen LogP contribution in [0.4, 0.5) is 0 Å². The van der Waals surface area contributed by atoms with Crippen LogP contribution >= 0.6 is 0 Å².